The third-order valence-electron chi connectivity index (χ3n) is 2.93. The summed E-state index contributed by atoms with van der Waals surface area (Å²) in [6.45, 7) is 4.74. The smallest absolute Gasteiger partial charge is 0.224 e. The maximum atomic E-state index is 12.0. The summed E-state index contributed by atoms with van der Waals surface area (Å²) in [5.41, 5.74) is 6.73. The molecule has 0 saturated heterocycles. The molecule has 1 aromatic carbocycles. The first kappa shape index (κ1) is 15.2. The minimum absolute atomic E-state index is 0.0844. The van der Waals surface area contributed by atoms with Crippen molar-refractivity contribution < 1.29 is 4.79 Å². The van der Waals surface area contributed by atoms with Crippen LogP contribution in [0.2, 0.25) is 0 Å². The molecule has 0 heterocycles. The van der Waals surface area contributed by atoms with Crippen molar-refractivity contribution in [2.24, 2.45) is 17.6 Å². The number of benzene rings is 1. The molecule has 19 heavy (non-hydrogen) atoms. The van der Waals surface area contributed by atoms with E-state index < -0.39 is 0 Å². The van der Waals surface area contributed by atoms with E-state index in [-0.39, 0.29) is 11.8 Å². The van der Waals surface area contributed by atoms with Crippen LogP contribution in [0.25, 0.3) is 0 Å². The van der Waals surface area contributed by atoms with Gasteiger partial charge in [-0.05, 0) is 36.9 Å². The number of carbonyl (C=O) groups is 1. The van der Waals surface area contributed by atoms with Gasteiger partial charge in [-0.2, -0.15) is 5.26 Å². The van der Waals surface area contributed by atoms with Crippen molar-refractivity contribution >= 4 is 11.6 Å². The fourth-order valence-corrected chi connectivity index (χ4v) is 2.08. The van der Waals surface area contributed by atoms with Gasteiger partial charge >= 0.3 is 0 Å². The second kappa shape index (κ2) is 7.55. The summed E-state index contributed by atoms with van der Waals surface area (Å²) < 4.78 is 0. The van der Waals surface area contributed by atoms with Gasteiger partial charge < -0.3 is 11.1 Å². The predicted molar refractivity (Wildman–Crippen MR) is 76.4 cm³/mol. The summed E-state index contributed by atoms with van der Waals surface area (Å²) in [5, 5.41) is 11.7. The number of hydrogen-bond acceptors (Lipinski definition) is 3. The normalized spacial score (nSPS) is 11.9. The van der Waals surface area contributed by atoms with E-state index >= 15 is 0 Å². The van der Waals surface area contributed by atoms with Crippen molar-refractivity contribution in [3.05, 3.63) is 29.8 Å². The Morgan fingerprint density at radius 2 is 2.11 bits per heavy atom. The number of carbonyl (C=O) groups excluding carboxylic acids is 1. The van der Waals surface area contributed by atoms with Crippen LogP contribution in [-0.4, -0.2) is 12.5 Å². The van der Waals surface area contributed by atoms with Crippen molar-refractivity contribution in [3.8, 4) is 6.07 Å². The van der Waals surface area contributed by atoms with E-state index in [0.29, 0.717) is 30.1 Å². The van der Waals surface area contributed by atoms with Crippen LogP contribution in [0.4, 0.5) is 5.69 Å². The Bertz CT molecular complexity index is 463. The molecular weight excluding hydrogens is 238 g/mol. The summed E-state index contributed by atoms with van der Waals surface area (Å²) in [6, 6.07) is 9.05. The predicted octanol–water partition coefficient (Wildman–Crippen LogP) is 2.51. The number of nitrogens with two attached hydrogens (primary N) is 1. The lowest BCUT2D eigenvalue weighted by molar-refractivity contribution is -0.117. The SMILES string of the molecule is CC(C)CC(CN)CC(=O)Nc1ccccc1C#N. The lowest BCUT2D eigenvalue weighted by Crippen LogP contribution is -2.23. The maximum absolute atomic E-state index is 12.0. The average Bonchev–Trinajstić information content (AvgIpc) is 2.38. The van der Waals surface area contributed by atoms with Crippen LogP contribution in [0.3, 0.4) is 0 Å². The fraction of sp³-hybridized carbons (Fsp3) is 0.467. The van der Waals surface area contributed by atoms with Gasteiger partial charge in [0.2, 0.25) is 5.91 Å². The molecule has 1 unspecified atom stereocenters. The number of nitrogens with one attached hydrogen (secondary N) is 1. The van der Waals surface area contributed by atoms with Gasteiger partial charge in [-0.15, -0.1) is 0 Å². The molecule has 1 atom stereocenters. The molecule has 4 nitrogen and oxygen atoms in total. The summed E-state index contributed by atoms with van der Waals surface area (Å²) in [5.74, 6) is 0.626. The highest BCUT2D eigenvalue weighted by molar-refractivity contribution is 5.92. The minimum atomic E-state index is -0.0844. The number of nitriles is 1. The zero-order chi connectivity index (χ0) is 14.3. The molecule has 0 radical (unpaired) electrons. The van der Waals surface area contributed by atoms with Gasteiger partial charge in [-0.1, -0.05) is 26.0 Å². The van der Waals surface area contributed by atoms with Crippen LogP contribution in [0.15, 0.2) is 24.3 Å². The van der Waals surface area contributed by atoms with E-state index in [2.05, 4.69) is 25.2 Å². The van der Waals surface area contributed by atoms with Crippen molar-refractivity contribution in [2.45, 2.75) is 26.7 Å². The number of hydrogen-bond donors (Lipinski definition) is 2. The molecule has 4 heteroatoms. The first-order chi connectivity index (χ1) is 9.06. The molecule has 1 aromatic rings. The molecule has 0 aliphatic heterocycles. The highest BCUT2D eigenvalue weighted by Gasteiger charge is 2.15. The molecular formula is C15H21N3O. The molecule has 0 saturated carbocycles. The molecule has 1 rings (SSSR count). The Hall–Kier alpha value is -1.86. The lowest BCUT2D eigenvalue weighted by atomic mass is 9.94. The number of nitrogens with zero attached hydrogens (tertiary/aromatic N) is 1. The number of anilines is 1. The molecule has 3 N–H and O–H groups in total. The first-order valence-corrected chi connectivity index (χ1v) is 6.55. The quantitative estimate of drug-likeness (QED) is 0.823. The number of amides is 1. The van der Waals surface area contributed by atoms with Crippen LogP contribution < -0.4 is 11.1 Å². The van der Waals surface area contributed by atoms with Crippen molar-refractivity contribution in [3.63, 3.8) is 0 Å². The summed E-state index contributed by atoms with van der Waals surface area (Å²) in [6.07, 6.45) is 1.33. The van der Waals surface area contributed by atoms with Crippen molar-refractivity contribution in [1.29, 1.82) is 5.26 Å². The van der Waals surface area contributed by atoms with E-state index in [0.717, 1.165) is 6.42 Å². The first-order valence-electron chi connectivity index (χ1n) is 6.55. The van der Waals surface area contributed by atoms with Gasteiger partial charge in [0.1, 0.15) is 6.07 Å². The van der Waals surface area contributed by atoms with Gasteiger partial charge in [0, 0.05) is 6.42 Å². The monoisotopic (exact) mass is 259 g/mol. The lowest BCUT2D eigenvalue weighted by Gasteiger charge is -2.16. The fourth-order valence-electron chi connectivity index (χ4n) is 2.08. The maximum Gasteiger partial charge on any atom is 0.224 e. The number of rotatable bonds is 6. The zero-order valence-electron chi connectivity index (χ0n) is 11.5. The van der Waals surface area contributed by atoms with E-state index in [1.165, 1.54) is 0 Å². The van der Waals surface area contributed by atoms with Gasteiger partial charge in [0.25, 0.3) is 0 Å². The Morgan fingerprint density at radius 1 is 1.42 bits per heavy atom. The highest BCUT2D eigenvalue weighted by Crippen LogP contribution is 2.17. The minimum Gasteiger partial charge on any atom is -0.330 e. The van der Waals surface area contributed by atoms with E-state index in [4.69, 9.17) is 11.0 Å². The Kier molecular flexibility index (Phi) is 6.04. The van der Waals surface area contributed by atoms with E-state index in [1.54, 1.807) is 24.3 Å². The molecule has 0 spiro atoms. The molecule has 0 bridgehead atoms. The van der Waals surface area contributed by atoms with Crippen LogP contribution in [0.5, 0.6) is 0 Å². The topological polar surface area (TPSA) is 78.9 Å². The summed E-state index contributed by atoms with van der Waals surface area (Å²) in [4.78, 5) is 12.0. The molecule has 102 valence electrons. The molecule has 0 aliphatic rings. The van der Waals surface area contributed by atoms with Gasteiger partial charge in [-0.25, -0.2) is 0 Å². The van der Waals surface area contributed by atoms with Crippen LogP contribution >= 0.6 is 0 Å². The van der Waals surface area contributed by atoms with Crippen LogP contribution in [0, 0.1) is 23.2 Å². The Labute approximate surface area is 114 Å². The molecule has 0 fully saturated rings. The second-order valence-corrected chi connectivity index (χ2v) is 5.14. The molecule has 0 aliphatic carbocycles. The molecule has 1 amide bonds. The Morgan fingerprint density at radius 3 is 2.68 bits per heavy atom. The third kappa shape index (κ3) is 5.11. The summed E-state index contributed by atoms with van der Waals surface area (Å²) in [7, 11) is 0. The highest BCUT2D eigenvalue weighted by atomic mass is 16.1. The third-order valence-corrected chi connectivity index (χ3v) is 2.93. The van der Waals surface area contributed by atoms with Gasteiger partial charge in [0.15, 0.2) is 0 Å². The molecule has 0 aromatic heterocycles. The van der Waals surface area contributed by atoms with Crippen molar-refractivity contribution in [2.75, 3.05) is 11.9 Å². The Balaban J connectivity index is 2.62. The number of para-hydroxylation sites is 1. The van der Waals surface area contributed by atoms with Crippen LogP contribution in [-0.2, 0) is 4.79 Å². The van der Waals surface area contributed by atoms with E-state index in [1.807, 2.05) is 0 Å². The van der Waals surface area contributed by atoms with E-state index in [9.17, 15) is 4.79 Å². The zero-order valence-corrected chi connectivity index (χ0v) is 11.5. The second-order valence-electron chi connectivity index (χ2n) is 5.14. The van der Waals surface area contributed by atoms with Gasteiger partial charge in [-0.3, -0.25) is 4.79 Å². The largest absolute Gasteiger partial charge is 0.330 e. The van der Waals surface area contributed by atoms with Crippen LogP contribution in [0.1, 0.15) is 32.3 Å². The standard InChI is InChI=1S/C15H21N3O/c1-11(2)7-12(9-16)8-15(19)18-14-6-4-3-5-13(14)10-17/h3-6,11-12H,7-9,16H2,1-2H3,(H,18,19). The summed E-state index contributed by atoms with van der Waals surface area (Å²) >= 11 is 0. The average molecular weight is 259 g/mol. The van der Waals surface area contributed by atoms with Crippen molar-refractivity contribution in [1.82, 2.24) is 0 Å². The van der Waals surface area contributed by atoms with Gasteiger partial charge in [0.05, 0.1) is 11.3 Å².